The van der Waals surface area contributed by atoms with Crippen molar-refractivity contribution in [3.63, 3.8) is 0 Å². The van der Waals surface area contributed by atoms with Crippen LogP contribution in [0.2, 0.25) is 0 Å². The number of benzene rings is 8. The Labute approximate surface area is 332 Å². The van der Waals surface area contributed by atoms with Gasteiger partial charge in [0, 0.05) is 33.6 Å². The Morgan fingerprint density at radius 3 is 1.86 bits per heavy atom. The maximum Gasteiger partial charge on any atom is 0.140 e. The molecule has 1 atom stereocenters. The summed E-state index contributed by atoms with van der Waals surface area (Å²) in [5.41, 5.74) is 13.7. The summed E-state index contributed by atoms with van der Waals surface area (Å²) < 4.78 is 20.7. The van der Waals surface area contributed by atoms with Crippen LogP contribution in [0.1, 0.15) is 29.2 Å². The van der Waals surface area contributed by atoms with Gasteiger partial charge in [-0.2, -0.15) is 0 Å². The average molecular weight is 736 g/mol. The van der Waals surface area contributed by atoms with Gasteiger partial charge < -0.3 is 9.64 Å². The highest BCUT2D eigenvalue weighted by Crippen LogP contribution is 2.63. The highest BCUT2D eigenvalue weighted by Gasteiger charge is 2.51. The van der Waals surface area contributed by atoms with Crippen LogP contribution in [-0.4, -0.2) is 0 Å². The van der Waals surface area contributed by atoms with Crippen molar-refractivity contribution >= 4 is 33.4 Å². The van der Waals surface area contributed by atoms with E-state index >= 15 is 0 Å². The minimum Gasteiger partial charge on any atom is -0.456 e. The molecule has 0 saturated heterocycles. The molecule has 0 N–H and O–H groups in total. The molecule has 8 aromatic carbocycles. The molecular formula is C54H38FNO. The number of anilines is 3. The average Bonchev–Trinajstić information content (AvgIpc) is 3.50. The number of rotatable bonds is 7. The van der Waals surface area contributed by atoms with Crippen LogP contribution in [0.25, 0.3) is 38.6 Å². The maximum atomic E-state index is 13.8. The Balaban J connectivity index is 1.21. The summed E-state index contributed by atoms with van der Waals surface area (Å²) in [6.45, 7) is 6.30. The highest BCUT2D eigenvalue weighted by atomic mass is 19.1. The van der Waals surface area contributed by atoms with E-state index in [4.69, 9.17) is 4.74 Å². The lowest BCUT2D eigenvalue weighted by molar-refractivity contribution is 0.441. The van der Waals surface area contributed by atoms with E-state index in [9.17, 15) is 4.39 Å². The normalized spacial score (nSPS) is 15.3. The summed E-state index contributed by atoms with van der Waals surface area (Å²) in [7, 11) is 0. The van der Waals surface area contributed by atoms with Crippen LogP contribution in [-0.2, 0) is 5.41 Å². The molecular weight excluding hydrogens is 698 g/mol. The molecule has 8 aromatic rings. The third-order valence-electron chi connectivity index (χ3n) is 11.6. The minimum absolute atomic E-state index is 0.245. The van der Waals surface area contributed by atoms with E-state index in [1.54, 1.807) is 0 Å². The monoisotopic (exact) mass is 735 g/mol. The van der Waals surface area contributed by atoms with E-state index in [1.807, 2.05) is 24.3 Å². The van der Waals surface area contributed by atoms with Crippen molar-refractivity contribution in [3.05, 3.63) is 240 Å². The van der Waals surface area contributed by atoms with Crippen molar-refractivity contribution in [1.29, 1.82) is 0 Å². The van der Waals surface area contributed by atoms with Crippen molar-refractivity contribution in [3.8, 4) is 33.8 Å². The molecule has 1 spiro atoms. The second-order valence-corrected chi connectivity index (χ2v) is 14.7. The molecule has 1 heterocycles. The summed E-state index contributed by atoms with van der Waals surface area (Å²) in [4.78, 5) is 2.33. The first-order valence-corrected chi connectivity index (χ1v) is 19.3. The van der Waals surface area contributed by atoms with Gasteiger partial charge in [-0.3, -0.25) is 0 Å². The molecule has 10 rings (SSSR count). The molecule has 3 heteroatoms. The number of ether oxygens (including phenoxy) is 1. The summed E-state index contributed by atoms with van der Waals surface area (Å²) in [6.07, 6.45) is 6.14. The third kappa shape index (κ3) is 5.54. The Morgan fingerprint density at radius 1 is 0.561 bits per heavy atom. The lowest BCUT2D eigenvalue weighted by Gasteiger charge is -2.41. The highest BCUT2D eigenvalue weighted by molar-refractivity contribution is 5.96. The molecule has 57 heavy (non-hydrogen) atoms. The molecule has 272 valence electrons. The molecule has 0 aromatic heterocycles. The van der Waals surface area contributed by atoms with Crippen molar-refractivity contribution in [1.82, 2.24) is 0 Å². The van der Waals surface area contributed by atoms with Gasteiger partial charge in [0.05, 0.1) is 5.41 Å². The van der Waals surface area contributed by atoms with Crippen LogP contribution in [0.4, 0.5) is 21.5 Å². The Bertz CT molecular complexity index is 2890. The molecule has 2 aliphatic rings. The van der Waals surface area contributed by atoms with Gasteiger partial charge in [-0.25, -0.2) is 4.39 Å². The van der Waals surface area contributed by atoms with Gasteiger partial charge >= 0.3 is 0 Å². The van der Waals surface area contributed by atoms with E-state index in [2.05, 4.69) is 182 Å². The Kier molecular flexibility index (Phi) is 8.30. The first kappa shape index (κ1) is 34.3. The molecule has 0 fully saturated rings. The second kappa shape index (κ2) is 13.8. The van der Waals surface area contributed by atoms with Gasteiger partial charge in [0.25, 0.3) is 0 Å². The molecule has 1 aliphatic heterocycles. The Hall–Kier alpha value is -7.23. The first-order valence-electron chi connectivity index (χ1n) is 19.3. The van der Waals surface area contributed by atoms with Crippen molar-refractivity contribution in [2.45, 2.75) is 12.3 Å². The zero-order valence-electron chi connectivity index (χ0n) is 31.5. The van der Waals surface area contributed by atoms with E-state index < -0.39 is 5.41 Å². The smallest absolute Gasteiger partial charge is 0.140 e. The van der Waals surface area contributed by atoms with Crippen molar-refractivity contribution < 1.29 is 9.13 Å². The van der Waals surface area contributed by atoms with E-state index in [0.717, 1.165) is 67.2 Å². The van der Waals surface area contributed by atoms with E-state index in [1.165, 1.54) is 40.0 Å². The zero-order valence-corrected chi connectivity index (χ0v) is 31.5. The van der Waals surface area contributed by atoms with Gasteiger partial charge in [0.1, 0.15) is 17.3 Å². The van der Waals surface area contributed by atoms with Crippen LogP contribution in [0.3, 0.4) is 0 Å². The predicted molar refractivity (Wildman–Crippen MR) is 234 cm³/mol. The van der Waals surface area contributed by atoms with Gasteiger partial charge in [0.15, 0.2) is 0 Å². The molecule has 0 saturated carbocycles. The largest absolute Gasteiger partial charge is 0.456 e. The van der Waals surface area contributed by atoms with Crippen molar-refractivity contribution in [2.75, 3.05) is 4.90 Å². The van der Waals surface area contributed by atoms with Crippen molar-refractivity contribution in [2.24, 2.45) is 0 Å². The van der Waals surface area contributed by atoms with Crippen LogP contribution in [0, 0.1) is 5.82 Å². The fraction of sp³-hybridized carbons (Fsp3) is 0.0370. The summed E-state index contributed by atoms with van der Waals surface area (Å²) >= 11 is 0. The number of para-hydroxylation sites is 1. The Morgan fingerprint density at radius 2 is 1.16 bits per heavy atom. The standard InChI is InChI=1S/C54H38FNO/c1-3-4-16-48-36(2)46-33-32-45(35-51(46)54(48)49-17-10-11-18-52(49)57-53-47-15-9-8-14-41(47)25-34-50(53)54)56(43-28-21-39(22-29-43)37-12-6-5-7-13-37)44-30-23-40(24-31-44)38-19-26-42(55)27-20-38/h3-35H,1H2,2H3/b16-4-. The number of hydrogen-bond donors (Lipinski definition) is 0. The van der Waals surface area contributed by atoms with Gasteiger partial charge in [0.2, 0.25) is 0 Å². The zero-order chi connectivity index (χ0) is 38.5. The third-order valence-corrected chi connectivity index (χ3v) is 11.6. The summed E-state index contributed by atoms with van der Waals surface area (Å²) in [5.74, 6) is 1.49. The summed E-state index contributed by atoms with van der Waals surface area (Å²) in [5, 5.41) is 2.22. The molecule has 2 nitrogen and oxygen atoms in total. The predicted octanol–water partition coefficient (Wildman–Crippen LogP) is 14.8. The fourth-order valence-electron chi connectivity index (χ4n) is 8.97. The molecule has 0 radical (unpaired) electrons. The number of allylic oxidation sites excluding steroid dienone is 5. The molecule has 0 amide bonds. The number of nitrogens with zero attached hydrogens (tertiary/aromatic N) is 1. The molecule has 1 unspecified atom stereocenters. The second-order valence-electron chi connectivity index (χ2n) is 14.7. The first-order chi connectivity index (χ1) is 28.0. The fourth-order valence-corrected chi connectivity index (χ4v) is 8.97. The summed E-state index contributed by atoms with van der Waals surface area (Å²) in [6, 6.07) is 62.8. The minimum atomic E-state index is -0.668. The molecule has 0 bridgehead atoms. The quantitative estimate of drug-likeness (QED) is 0.151. The SMILES string of the molecule is C=C/C=C\C1=C(C)c2ccc(N(c3ccc(-c4ccccc4)cc3)c3ccc(-c4ccc(F)cc4)cc3)cc2C12c1ccccc1Oc1c2ccc2ccccc12. The molecule has 1 aliphatic carbocycles. The number of hydrogen-bond acceptors (Lipinski definition) is 2. The van der Waals surface area contributed by atoms with Crippen LogP contribution in [0.5, 0.6) is 11.5 Å². The van der Waals surface area contributed by atoms with Crippen LogP contribution >= 0.6 is 0 Å². The van der Waals surface area contributed by atoms with E-state index in [-0.39, 0.29) is 5.82 Å². The van der Waals surface area contributed by atoms with Gasteiger partial charge in [-0.05, 0) is 111 Å². The number of fused-ring (bicyclic) bond motifs is 8. The number of halogens is 1. The van der Waals surface area contributed by atoms with Gasteiger partial charge in [-0.15, -0.1) is 0 Å². The van der Waals surface area contributed by atoms with Crippen LogP contribution in [0.15, 0.2) is 212 Å². The van der Waals surface area contributed by atoms with Gasteiger partial charge in [-0.1, -0.05) is 152 Å². The topological polar surface area (TPSA) is 12.5 Å². The van der Waals surface area contributed by atoms with Crippen LogP contribution < -0.4 is 9.64 Å². The maximum absolute atomic E-state index is 13.8. The van der Waals surface area contributed by atoms with E-state index in [0.29, 0.717) is 0 Å². The lowest BCUT2D eigenvalue weighted by atomic mass is 9.64. The lowest BCUT2D eigenvalue weighted by Crippen LogP contribution is -2.33.